The fourth-order valence-corrected chi connectivity index (χ4v) is 3.46. The van der Waals surface area contributed by atoms with Crippen molar-refractivity contribution < 1.29 is 13.2 Å². The zero-order valence-electron chi connectivity index (χ0n) is 13.1. The van der Waals surface area contributed by atoms with Gasteiger partial charge in [-0.1, -0.05) is 12.1 Å². The average molecular weight is 315 g/mol. The van der Waals surface area contributed by atoms with Crippen molar-refractivity contribution in [2.75, 3.05) is 31.6 Å². The van der Waals surface area contributed by atoms with Crippen LogP contribution in [0.25, 0.3) is 0 Å². The number of ether oxygens (including phenoxy) is 1. The van der Waals surface area contributed by atoms with E-state index in [9.17, 15) is 8.42 Å². The van der Waals surface area contributed by atoms with Crippen molar-refractivity contribution in [1.82, 2.24) is 4.31 Å². The lowest BCUT2D eigenvalue weighted by molar-refractivity contribution is 0.403. The molecular weight excluding hydrogens is 290 g/mol. The maximum atomic E-state index is 12.8. The van der Waals surface area contributed by atoms with E-state index in [0.29, 0.717) is 30.9 Å². The fourth-order valence-electron chi connectivity index (χ4n) is 1.85. The number of hydrogen-bond acceptors (Lipinski definition) is 4. The Morgan fingerprint density at radius 3 is 2.43 bits per heavy atom. The van der Waals surface area contributed by atoms with E-state index in [1.165, 1.54) is 15.7 Å². The first-order valence-electron chi connectivity index (χ1n) is 6.95. The summed E-state index contributed by atoms with van der Waals surface area (Å²) in [6.45, 7) is 4.41. The summed E-state index contributed by atoms with van der Waals surface area (Å²) >= 11 is 0. The monoisotopic (exact) mass is 315 g/mol. The molecule has 0 saturated carbocycles. The summed E-state index contributed by atoms with van der Waals surface area (Å²) in [5, 5.41) is 0. The lowest BCUT2D eigenvalue weighted by Gasteiger charge is -2.31. The van der Waals surface area contributed by atoms with Crippen LogP contribution in [0.3, 0.4) is 0 Å². The minimum absolute atomic E-state index is 0.134. The lowest BCUT2D eigenvalue weighted by Crippen LogP contribution is -2.45. The summed E-state index contributed by atoms with van der Waals surface area (Å²) in [6.07, 6.45) is 0.573. The van der Waals surface area contributed by atoms with Gasteiger partial charge in [0.1, 0.15) is 5.75 Å². The number of benzene rings is 1. The Labute approximate surface area is 127 Å². The van der Waals surface area contributed by atoms with Crippen LogP contribution in [0.1, 0.15) is 20.3 Å². The second kappa shape index (κ2) is 7.63. The van der Waals surface area contributed by atoms with Crippen LogP contribution in [-0.2, 0) is 10.2 Å². The molecule has 21 heavy (non-hydrogen) atoms. The van der Waals surface area contributed by atoms with E-state index in [4.69, 9.17) is 10.5 Å². The van der Waals surface area contributed by atoms with Crippen LogP contribution in [-0.4, -0.2) is 46.0 Å². The summed E-state index contributed by atoms with van der Waals surface area (Å²) in [4.78, 5) is 0. The van der Waals surface area contributed by atoms with Gasteiger partial charge in [0, 0.05) is 19.6 Å². The van der Waals surface area contributed by atoms with E-state index in [1.54, 1.807) is 25.2 Å². The Hall–Kier alpha value is -1.31. The fraction of sp³-hybridized carbons (Fsp3) is 0.571. The maximum Gasteiger partial charge on any atom is 0.304 e. The highest BCUT2D eigenvalue weighted by Crippen LogP contribution is 2.31. The highest BCUT2D eigenvalue weighted by molar-refractivity contribution is 7.90. The third-order valence-corrected chi connectivity index (χ3v) is 5.37. The van der Waals surface area contributed by atoms with Crippen molar-refractivity contribution in [2.24, 2.45) is 5.73 Å². The van der Waals surface area contributed by atoms with Crippen molar-refractivity contribution >= 4 is 15.9 Å². The minimum Gasteiger partial charge on any atom is -0.495 e. The summed E-state index contributed by atoms with van der Waals surface area (Å²) in [6, 6.07) is 6.95. The second-order valence-electron chi connectivity index (χ2n) is 5.00. The summed E-state index contributed by atoms with van der Waals surface area (Å²) in [5.74, 6) is 0.523. The molecule has 0 saturated heterocycles. The Morgan fingerprint density at radius 1 is 1.29 bits per heavy atom. The van der Waals surface area contributed by atoms with Gasteiger partial charge < -0.3 is 10.5 Å². The molecule has 0 radical (unpaired) electrons. The molecule has 0 amide bonds. The molecule has 1 aromatic carbocycles. The number of rotatable bonds is 8. The predicted molar refractivity (Wildman–Crippen MR) is 85.8 cm³/mol. The molecule has 1 aromatic rings. The number of hydrogen-bond donors (Lipinski definition) is 1. The Bertz CT molecular complexity index is 546. The lowest BCUT2D eigenvalue weighted by atomic mass is 10.3. The molecule has 2 N–H and O–H groups in total. The van der Waals surface area contributed by atoms with Gasteiger partial charge in [0.05, 0.1) is 12.8 Å². The Morgan fingerprint density at radius 2 is 1.90 bits per heavy atom. The van der Waals surface area contributed by atoms with Crippen molar-refractivity contribution in [2.45, 2.75) is 26.3 Å². The molecule has 1 rings (SSSR count). The molecule has 0 fully saturated rings. The minimum atomic E-state index is -3.63. The van der Waals surface area contributed by atoms with Crippen LogP contribution in [0.2, 0.25) is 0 Å². The number of nitrogens with two attached hydrogens (primary N) is 1. The number of para-hydroxylation sites is 2. The van der Waals surface area contributed by atoms with Gasteiger partial charge in [0.2, 0.25) is 0 Å². The van der Waals surface area contributed by atoms with Gasteiger partial charge in [-0.05, 0) is 38.9 Å². The van der Waals surface area contributed by atoms with Crippen LogP contribution in [0.15, 0.2) is 24.3 Å². The third kappa shape index (κ3) is 4.09. The Kier molecular flexibility index (Phi) is 6.44. The first-order chi connectivity index (χ1) is 9.86. The highest BCUT2D eigenvalue weighted by Gasteiger charge is 2.30. The molecule has 0 aliphatic rings. The molecule has 6 nitrogen and oxygen atoms in total. The van der Waals surface area contributed by atoms with Crippen molar-refractivity contribution in [1.29, 1.82) is 0 Å². The van der Waals surface area contributed by atoms with Crippen LogP contribution >= 0.6 is 0 Å². The summed E-state index contributed by atoms with van der Waals surface area (Å²) in [7, 11) is -0.526. The summed E-state index contributed by atoms with van der Waals surface area (Å²) in [5.41, 5.74) is 6.07. The zero-order valence-corrected chi connectivity index (χ0v) is 13.9. The third-order valence-electron chi connectivity index (χ3n) is 3.29. The van der Waals surface area contributed by atoms with Crippen molar-refractivity contribution in [3.8, 4) is 5.75 Å². The maximum absolute atomic E-state index is 12.8. The predicted octanol–water partition coefficient (Wildman–Crippen LogP) is 1.44. The topological polar surface area (TPSA) is 75.9 Å². The second-order valence-corrected chi connectivity index (χ2v) is 6.92. The van der Waals surface area contributed by atoms with E-state index in [0.717, 1.165) is 0 Å². The van der Waals surface area contributed by atoms with Crippen LogP contribution in [0.5, 0.6) is 5.75 Å². The highest BCUT2D eigenvalue weighted by atomic mass is 32.2. The van der Waals surface area contributed by atoms with Crippen molar-refractivity contribution in [3.63, 3.8) is 0 Å². The number of methoxy groups -OCH3 is 1. The van der Waals surface area contributed by atoms with Gasteiger partial charge in [-0.2, -0.15) is 12.7 Å². The van der Waals surface area contributed by atoms with E-state index in [1.807, 2.05) is 19.9 Å². The normalized spacial score (nSPS) is 12.0. The molecular formula is C14H25N3O3S. The molecule has 0 bridgehead atoms. The molecule has 0 spiro atoms. The SMILES string of the molecule is COc1ccccc1N(CCCN)S(=O)(=O)N(C)C(C)C. The number of anilines is 1. The molecule has 120 valence electrons. The van der Waals surface area contributed by atoms with E-state index < -0.39 is 10.2 Å². The molecule has 0 aliphatic carbocycles. The molecule has 0 unspecified atom stereocenters. The number of nitrogens with zero attached hydrogens (tertiary/aromatic N) is 2. The molecule has 0 atom stereocenters. The van der Waals surface area contributed by atoms with Crippen molar-refractivity contribution in [3.05, 3.63) is 24.3 Å². The molecule has 0 aliphatic heterocycles. The largest absolute Gasteiger partial charge is 0.495 e. The van der Waals surface area contributed by atoms with Gasteiger partial charge in [-0.3, -0.25) is 4.31 Å². The van der Waals surface area contributed by atoms with Gasteiger partial charge in [-0.15, -0.1) is 0 Å². The first kappa shape index (κ1) is 17.7. The molecule has 0 aromatic heterocycles. The van der Waals surface area contributed by atoms with E-state index in [-0.39, 0.29) is 6.04 Å². The first-order valence-corrected chi connectivity index (χ1v) is 8.34. The standard InChI is InChI=1S/C14H25N3O3S/c1-12(2)16(3)21(18,19)17(11-7-10-15)13-8-5-6-9-14(13)20-4/h5-6,8-9,12H,7,10-11,15H2,1-4H3. The quantitative estimate of drug-likeness (QED) is 0.787. The zero-order chi connectivity index (χ0) is 16.0. The van der Waals surface area contributed by atoms with Gasteiger partial charge >= 0.3 is 10.2 Å². The van der Waals surface area contributed by atoms with E-state index >= 15 is 0 Å². The van der Waals surface area contributed by atoms with Crippen LogP contribution in [0.4, 0.5) is 5.69 Å². The average Bonchev–Trinajstić information content (AvgIpc) is 2.46. The van der Waals surface area contributed by atoms with Gasteiger partial charge in [-0.25, -0.2) is 0 Å². The smallest absolute Gasteiger partial charge is 0.304 e. The molecule has 0 heterocycles. The molecule has 7 heteroatoms. The summed E-state index contributed by atoms with van der Waals surface area (Å²) < 4.78 is 33.6. The Balaban J connectivity index is 3.29. The van der Waals surface area contributed by atoms with Crippen LogP contribution in [0, 0.1) is 0 Å². The van der Waals surface area contributed by atoms with Gasteiger partial charge in [0.25, 0.3) is 0 Å². The van der Waals surface area contributed by atoms with E-state index in [2.05, 4.69) is 0 Å². The van der Waals surface area contributed by atoms with Gasteiger partial charge in [0.15, 0.2) is 0 Å². The van der Waals surface area contributed by atoms with Crippen LogP contribution < -0.4 is 14.8 Å².